The summed E-state index contributed by atoms with van der Waals surface area (Å²) in [6, 6.07) is 11.9. The molecule has 1 N–H and O–H groups in total. The van der Waals surface area contributed by atoms with Crippen LogP contribution in [0.1, 0.15) is 62.6 Å². The molecule has 0 bridgehead atoms. The van der Waals surface area contributed by atoms with Crippen LogP contribution in [0.25, 0.3) is 20.2 Å². The molecule has 6 nitrogen and oxygen atoms in total. The maximum absolute atomic E-state index is 12.4. The third kappa shape index (κ3) is 6.24. The summed E-state index contributed by atoms with van der Waals surface area (Å²) < 4.78 is 13.2. The van der Waals surface area contributed by atoms with Gasteiger partial charge in [-0.1, -0.05) is 0 Å². The van der Waals surface area contributed by atoms with E-state index in [2.05, 4.69) is 12.0 Å². The van der Waals surface area contributed by atoms with Gasteiger partial charge in [-0.05, 0) is 77.6 Å². The molecule has 0 spiro atoms. The number of terminal acetylenes is 1. The molecule has 0 radical (unpaired) electrons. The van der Waals surface area contributed by atoms with Crippen molar-refractivity contribution in [3.8, 4) is 23.8 Å². The van der Waals surface area contributed by atoms with E-state index in [-0.39, 0.29) is 24.4 Å². The number of carbonyl (C=O) groups excluding carboxylic acids is 2. The molecule has 8 heteroatoms. The van der Waals surface area contributed by atoms with E-state index in [1.165, 1.54) is 22.7 Å². The molecule has 196 valence electrons. The van der Waals surface area contributed by atoms with E-state index in [1.54, 1.807) is 14.2 Å². The molecule has 0 saturated heterocycles. The molecule has 4 aromatic rings. The van der Waals surface area contributed by atoms with Crippen LogP contribution in [0.5, 0.6) is 11.5 Å². The summed E-state index contributed by atoms with van der Waals surface area (Å²) in [7, 11) is 3.29. The predicted octanol–water partition coefficient (Wildman–Crippen LogP) is 6.95. The Balaban J connectivity index is 1.50. The van der Waals surface area contributed by atoms with Crippen molar-refractivity contribution in [3.05, 3.63) is 57.3 Å². The van der Waals surface area contributed by atoms with Gasteiger partial charge in [0.1, 0.15) is 11.5 Å². The Morgan fingerprint density at radius 3 is 1.74 bits per heavy atom. The van der Waals surface area contributed by atoms with Crippen molar-refractivity contribution in [2.75, 3.05) is 14.2 Å². The number of ether oxygens (including phenoxy) is 2. The van der Waals surface area contributed by atoms with E-state index in [4.69, 9.17) is 21.0 Å². The van der Waals surface area contributed by atoms with Gasteiger partial charge in [0.15, 0.2) is 11.6 Å². The zero-order valence-electron chi connectivity index (χ0n) is 21.3. The number of carbonyl (C=O) groups is 3. The number of methoxy groups -OCH3 is 2. The number of fused-ring (bicyclic) bond motifs is 2. The summed E-state index contributed by atoms with van der Waals surface area (Å²) in [4.78, 5) is 36.9. The molecule has 2 aromatic carbocycles. The minimum absolute atomic E-state index is 0.0109. The molecule has 0 fully saturated rings. The van der Waals surface area contributed by atoms with Crippen molar-refractivity contribution >= 4 is 60.4 Å². The summed E-state index contributed by atoms with van der Waals surface area (Å²) in [5.74, 6) is 3.00. The number of Topliss-reactive ketones (excluding diaryl/α,β-unsaturated/α-hetero) is 2. The van der Waals surface area contributed by atoms with Crippen LogP contribution in [0.4, 0.5) is 0 Å². The van der Waals surface area contributed by atoms with Gasteiger partial charge in [-0.2, -0.15) is 0 Å². The molecule has 4 rings (SSSR count). The monoisotopic (exact) mass is 548 g/mol. The van der Waals surface area contributed by atoms with Crippen LogP contribution in [0, 0.1) is 12.3 Å². The maximum Gasteiger partial charge on any atom is 0.303 e. The number of hydrogen-bond acceptors (Lipinski definition) is 7. The number of carboxylic acids is 1. The second-order valence-corrected chi connectivity index (χ2v) is 11.1. The number of rotatable bonds is 13. The summed E-state index contributed by atoms with van der Waals surface area (Å²) in [5, 5.41) is 10.8. The normalized spacial score (nSPS) is 11.0. The molecule has 2 aromatic heterocycles. The summed E-state index contributed by atoms with van der Waals surface area (Å²) in [6.07, 6.45) is 8.28. The molecule has 38 heavy (non-hydrogen) atoms. The van der Waals surface area contributed by atoms with Gasteiger partial charge in [-0.15, -0.1) is 35.0 Å². The van der Waals surface area contributed by atoms with Crippen molar-refractivity contribution in [1.29, 1.82) is 0 Å². The largest absolute Gasteiger partial charge is 0.496 e. The van der Waals surface area contributed by atoms with Gasteiger partial charge >= 0.3 is 5.97 Å². The topological polar surface area (TPSA) is 89.9 Å². The fourth-order valence-electron chi connectivity index (χ4n) is 4.40. The lowest BCUT2D eigenvalue weighted by atomic mass is 10.0. The van der Waals surface area contributed by atoms with Crippen LogP contribution in [0.2, 0.25) is 0 Å². The van der Waals surface area contributed by atoms with Gasteiger partial charge in [-0.3, -0.25) is 14.4 Å². The minimum atomic E-state index is -0.979. The fraction of sp³-hybridized carbons (Fsp3) is 0.300. The lowest BCUT2D eigenvalue weighted by Crippen LogP contribution is -2.01. The third-order valence-electron chi connectivity index (χ3n) is 6.34. The first kappa shape index (κ1) is 27.4. The number of aliphatic carboxylic acids is 1. The maximum atomic E-state index is 12.4. The van der Waals surface area contributed by atoms with Crippen molar-refractivity contribution in [3.63, 3.8) is 0 Å². The Morgan fingerprint density at radius 1 is 0.789 bits per heavy atom. The molecule has 0 aliphatic rings. The standard InChI is InChI=1S/C30H28O6S2/c1-4-5-9-22(31)28-14-20-12-18(24(35-2)16-26(20)37-28)7-6-8-19-13-21-15-29(23(32)10-11-30(33)34)38-27(21)17-25(19)36-3/h1,12-17H,5-11H2,2-3H3,(H,33,34). The lowest BCUT2D eigenvalue weighted by molar-refractivity contribution is -0.136. The van der Waals surface area contributed by atoms with E-state index in [0.29, 0.717) is 22.6 Å². The molecular weight excluding hydrogens is 520 g/mol. The van der Waals surface area contributed by atoms with Crippen LogP contribution in [-0.2, 0) is 17.6 Å². The van der Waals surface area contributed by atoms with E-state index in [1.807, 2.05) is 30.3 Å². The predicted molar refractivity (Wildman–Crippen MR) is 152 cm³/mol. The van der Waals surface area contributed by atoms with E-state index >= 15 is 0 Å². The van der Waals surface area contributed by atoms with Crippen molar-refractivity contribution in [2.24, 2.45) is 0 Å². The molecule has 0 saturated carbocycles. The highest BCUT2D eigenvalue weighted by atomic mass is 32.1. The van der Waals surface area contributed by atoms with E-state index in [0.717, 1.165) is 62.1 Å². The number of benzene rings is 2. The van der Waals surface area contributed by atoms with Gasteiger partial charge in [0.25, 0.3) is 0 Å². The Bertz CT molecular complexity index is 1550. The number of aryl methyl sites for hydroxylation is 2. The van der Waals surface area contributed by atoms with Gasteiger partial charge in [0.05, 0.1) is 30.4 Å². The van der Waals surface area contributed by atoms with Crippen LogP contribution in [-0.4, -0.2) is 36.9 Å². The minimum Gasteiger partial charge on any atom is -0.496 e. The number of ketones is 2. The highest BCUT2D eigenvalue weighted by molar-refractivity contribution is 7.21. The molecule has 0 unspecified atom stereocenters. The second-order valence-electron chi connectivity index (χ2n) is 8.92. The van der Waals surface area contributed by atoms with Gasteiger partial charge in [0.2, 0.25) is 0 Å². The summed E-state index contributed by atoms with van der Waals surface area (Å²) in [5.41, 5.74) is 2.11. The van der Waals surface area contributed by atoms with Crippen LogP contribution in [0.3, 0.4) is 0 Å². The van der Waals surface area contributed by atoms with Crippen molar-refractivity contribution in [2.45, 2.75) is 44.9 Å². The van der Waals surface area contributed by atoms with Crippen LogP contribution < -0.4 is 9.47 Å². The smallest absolute Gasteiger partial charge is 0.303 e. The highest BCUT2D eigenvalue weighted by Crippen LogP contribution is 2.36. The average molecular weight is 549 g/mol. The first-order valence-electron chi connectivity index (χ1n) is 12.3. The molecular formula is C30H28O6S2. The lowest BCUT2D eigenvalue weighted by Gasteiger charge is -2.11. The summed E-state index contributed by atoms with van der Waals surface area (Å²) in [6.45, 7) is 0. The zero-order valence-corrected chi connectivity index (χ0v) is 22.9. The molecule has 0 aliphatic heterocycles. The molecule has 0 atom stereocenters. The SMILES string of the molecule is C#CCCC(=O)c1cc2cc(CCCc3cc4cc(C(=O)CCC(=O)O)sc4cc3OC)c(OC)cc2s1. The van der Waals surface area contributed by atoms with Crippen molar-refractivity contribution in [1.82, 2.24) is 0 Å². The second kappa shape index (κ2) is 12.2. The Morgan fingerprint density at radius 2 is 1.29 bits per heavy atom. The number of hydrogen-bond donors (Lipinski definition) is 1. The van der Waals surface area contributed by atoms with Crippen LogP contribution in [0.15, 0.2) is 36.4 Å². The molecule has 2 heterocycles. The summed E-state index contributed by atoms with van der Waals surface area (Å²) >= 11 is 2.82. The van der Waals surface area contributed by atoms with E-state index < -0.39 is 5.97 Å². The fourth-order valence-corrected chi connectivity index (χ4v) is 6.48. The quantitative estimate of drug-likeness (QED) is 0.144. The first-order chi connectivity index (χ1) is 18.3. The molecule has 0 aliphatic carbocycles. The third-order valence-corrected chi connectivity index (χ3v) is 8.62. The highest BCUT2D eigenvalue weighted by Gasteiger charge is 2.16. The zero-order chi connectivity index (χ0) is 27.2. The Labute approximate surface area is 229 Å². The number of thiophene rings is 2. The van der Waals surface area contributed by atoms with Gasteiger partial charge in [0, 0.05) is 28.7 Å². The van der Waals surface area contributed by atoms with Crippen LogP contribution >= 0.6 is 22.7 Å². The Kier molecular flexibility index (Phi) is 8.82. The average Bonchev–Trinajstić information content (AvgIpc) is 3.52. The van der Waals surface area contributed by atoms with Gasteiger partial charge < -0.3 is 14.6 Å². The Hall–Kier alpha value is -3.67. The van der Waals surface area contributed by atoms with E-state index in [9.17, 15) is 14.4 Å². The van der Waals surface area contributed by atoms with Gasteiger partial charge in [-0.25, -0.2) is 0 Å². The van der Waals surface area contributed by atoms with Crippen molar-refractivity contribution < 1.29 is 29.0 Å². The number of carboxylic acid groups (broad SMARTS) is 1. The first-order valence-corrected chi connectivity index (χ1v) is 13.9. The molecule has 0 amide bonds.